The first-order valence-corrected chi connectivity index (χ1v) is 9.52. The molecule has 0 aliphatic heterocycles. The predicted octanol–water partition coefficient (Wildman–Crippen LogP) is 2.47. The van der Waals surface area contributed by atoms with Crippen LogP contribution < -0.4 is 14.8 Å². The average molecular weight is 377 g/mol. The normalized spacial score (nSPS) is 11.4. The molecule has 130 valence electrons. The maximum atomic E-state index is 12.3. The van der Waals surface area contributed by atoms with Crippen molar-refractivity contribution in [1.29, 1.82) is 0 Å². The highest BCUT2D eigenvalue weighted by molar-refractivity contribution is 7.89. The molecule has 2 aromatic carbocycles. The van der Waals surface area contributed by atoms with Crippen LogP contribution in [0.1, 0.15) is 10.4 Å². The lowest BCUT2D eigenvalue weighted by molar-refractivity contribution is 0.102. The summed E-state index contributed by atoms with van der Waals surface area (Å²) in [5, 5.41) is 3.12. The van der Waals surface area contributed by atoms with Gasteiger partial charge >= 0.3 is 0 Å². The number of aromatic nitrogens is 1. The number of benzene rings is 2. The van der Waals surface area contributed by atoms with Gasteiger partial charge in [0.1, 0.15) is 5.75 Å². The van der Waals surface area contributed by atoms with E-state index in [9.17, 15) is 13.2 Å². The SMILES string of the molecule is CNS(=O)(=O)c1ccc2nc(NC(=O)c3ccc(OC)cc3)sc2c1. The van der Waals surface area contributed by atoms with Crippen LogP contribution in [0.3, 0.4) is 0 Å². The van der Waals surface area contributed by atoms with Crippen molar-refractivity contribution in [3.05, 3.63) is 48.0 Å². The first-order valence-electron chi connectivity index (χ1n) is 7.22. The molecule has 2 N–H and O–H groups in total. The molecular weight excluding hydrogens is 362 g/mol. The molecule has 9 heteroatoms. The van der Waals surface area contributed by atoms with Gasteiger partial charge in [-0.25, -0.2) is 18.1 Å². The summed E-state index contributed by atoms with van der Waals surface area (Å²) < 4.78 is 31.7. The number of carbonyl (C=O) groups is 1. The quantitative estimate of drug-likeness (QED) is 0.712. The number of methoxy groups -OCH3 is 1. The van der Waals surface area contributed by atoms with E-state index in [2.05, 4.69) is 15.0 Å². The number of thiazole rings is 1. The van der Waals surface area contributed by atoms with Crippen molar-refractivity contribution >= 4 is 42.6 Å². The van der Waals surface area contributed by atoms with Gasteiger partial charge in [0.05, 0.1) is 22.2 Å². The Bertz CT molecular complexity index is 1030. The summed E-state index contributed by atoms with van der Waals surface area (Å²) in [4.78, 5) is 16.7. The summed E-state index contributed by atoms with van der Waals surface area (Å²) in [6.45, 7) is 0. The number of rotatable bonds is 5. The van der Waals surface area contributed by atoms with Gasteiger partial charge in [-0.05, 0) is 49.5 Å². The Labute approximate surface area is 148 Å². The maximum absolute atomic E-state index is 12.3. The molecule has 0 aliphatic carbocycles. The molecule has 0 unspecified atom stereocenters. The zero-order valence-electron chi connectivity index (χ0n) is 13.4. The molecule has 25 heavy (non-hydrogen) atoms. The average Bonchev–Trinajstić information content (AvgIpc) is 3.03. The first kappa shape index (κ1) is 17.3. The number of hydrogen-bond donors (Lipinski definition) is 2. The van der Waals surface area contributed by atoms with Crippen molar-refractivity contribution in [2.45, 2.75) is 4.90 Å². The number of sulfonamides is 1. The number of ether oxygens (including phenoxy) is 1. The molecule has 0 atom stereocenters. The topological polar surface area (TPSA) is 97.4 Å². The van der Waals surface area contributed by atoms with Crippen LogP contribution in [0.5, 0.6) is 5.75 Å². The molecule has 7 nitrogen and oxygen atoms in total. The summed E-state index contributed by atoms with van der Waals surface area (Å²) in [5.74, 6) is 0.361. The molecule has 0 saturated carbocycles. The van der Waals surface area contributed by atoms with Crippen molar-refractivity contribution in [1.82, 2.24) is 9.71 Å². The number of fused-ring (bicyclic) bond motifs is 1. The molecular formula is C16H15N3O4S2. The minimum atomic E-state index is -3.52. The smallest absolute Gasteiger partial charge is 0.257 e. The monoisotopic (exact) mass is 377 g/mol. The summed E-state index contributed by atoms with van der Waals surface area (Å²) in [5.41, 5.74) is 1.09. The van der Waals surface area contributed by atoms with Crippen LogP contribution in [0.4, 0.5) is 5.13 Å². The number of anilines is 1. The van der Waals surface area contributed by atoms with E-state index in [1.807, 2.05) is 0 Å². The van der Waals surface area contributed by atoms with E-state index in [4.69, 9.17) is 4.74 Å². The Morgan fingerprint density at radius 3 is 2.52 bits per heavy atom. The summed E-state index contributed by atoms with van der Waals surface area (Å²) in [7, 11) is -0.615. The lowest BCUT2D eigenvalue weighted by Gasteiger charge is -2.03. The van der Waals surface area contributed by atoms with E-state index in [0.29, 0.717) is 26.7 Å². The maximum Gasteiger partial charge on any atom is 0.257 e. The van der Waals surface area contributed by atoms with Crippen molar-refractivity contribution in [2.24, 2.45) is 0 Å². The highest BCUT2D eigenvalue weighted by Gasteiger charge is 2.15. The fourth-order valence-corrected chi connectivity index (χ4v) is 3.89. The third-order valence-corrected chi connectivity index (χ3v) is 5.86. The highest BCUT2D eigenvalue weighted by Crippen LogP contribution is 2.28. The molecule has 3 rings (SSSR count). The van der Waals surface area contributed by atoms with Gasteiger partial charge in [-0.2, -0.15) is 0 Å². The lowest BCUT2D eigenvalue weighted by Crippen LogP contribution is -2.18. The van der Waals surface area contributed by atoms with Gasteiger partial charge in [0.25, 0.3) is 5.91 Å². The zero-order valence-corrected chi connectivity index (χ0v) is 15.1. The molecule has 0 bridgehead atoms. The predicted molar refractivity (Wildman–Crippen MR) is 96.8 cm³/mol. The Morgan fingerprint density at radius 1 is 1.16 bits per heavy atom. The van der Waals surface area contributed by atoms with E-state index in [1.54, 1.807) is 37.4 Å². The van der Waals surface area contributed by atoms with E-state index in [1.165, 1.54) is 30.5 Å². The van der Waals surface area contributed by atoms with Gasteiger partial charge in [0, 0.05) is 5.56 Å². The van der Waals surface area contributed by atoms with Crippen LogP contribution >= 0.6 is 11.3 Å². The third kappa shape index (κ3) is 3.63. The number of nitrogens with zero attached hydrogens (tertiary/aromatic N) is 1. The molecule has 1 amide bonds. The van der Waals surface area contributed by atoms with Gasteiger partial charge in [-0.3, -0.25) is 10.1 Å². The molecule has 1 aromatic heterocycles. The van der Waals surface area contributed by atoms with Gasteiger partial charge in [0.2, 0.25) is 10.0 Å². The van der Waals surface area contributed by atoms with Crippen molar-refractivity contribution in [3.63, 3.8) is 0 Å². The van der Waals surface area contributed by atoms with E-state index < -0.39 is 10.0 Å². The second-order valence-electron chi connectivity index (χ2n) is 5.04. The van der Waals surface area contributed by atoms with E-state index in [-0.39, 0.29) is 10.8 Å². The zero-order chi connectivity index (χ0) is 18.0. The number of amides is 1. The molecule has 0 saturated heterocycles. The Balaban J connectivity index is 1.85. The Hall–Kier alpha value is -2.49. The Kier molecular flexibility index (Phi) is 4.71. The summed E-state index contributed by atoms with van der Waals surface area (Å²) in [6.07, 6.45) is 0. The molecule has 0 spiro atoms. The van der Waals surface area contributed by atoms with Crippen LogP contribution in [0.2, 0.25) is 0 Å². The van der Waals surface area contributed by atoms with Gasteiger partial charge in [-0.1, -0.05) is 11.3 Å². The molecule has 0 fully saturated rings. The fourth-order valence-electron chi connectivity index (χ4n) is 2.16. The number of hydrogen-bond acceptors (Lipinski definition) is 6. The largest absolute Gasteiger partial charge is 0.497 e. The van der Waals surface area contributed by atoms with Gasteiger partial charge in [0.15, 0.2) is 5.13 Å². The van der Waals surface area contributed by atoms with Crippen molar-refractivity contribution in [3.8, 4) is 5.75 Å². The van der Waals surface area contributed by atoms with E-state index in [0.717, 1.165) is 0 Å². The molecule has 3 aromatic rings. The summed E-state index contributed by atoms with van der Waals surface area (Å²) in [6, 6.07) is 11.3. The van der Waals surface area contributed by atoms with Crippen LogP contribution in [0, 0.1) is 0 Å². The lowest BCUT2D eigenvalue weighted by atomic mass is 10.2. The number of carbonyl (C=O) groups excluding carboxylic acids is 1. The van der Waals surface area contributed by atoms with Crippen molar-refractivity contribution < 1.29 is 17.9 Å². The standard InChI is InChI=1S/C16H15N3O4S2/c1-17-25(21,22)12-7-8-13-14(9-12)24-16(18-13)19-15(20)10-3-5-11(23-2)6-4-10/h3-9,17H,1-2H3,(H,18,19,20). The van der Waals surface area contributed by atoms with Crippen LogP contribution in [-0.4, -0.2) is 33.5 Å². The Morgan fingerprint density at radius 2 is 1.88 bits per heavy atom. The third-order valence-electron chi connectivity index (χ3n) is 3.51. The van der Waals surface area contributed by atoms with Crippen LogP contribution in [-0.2, 0) is 10.0 Å². The van der Waals surface area contributed by atoms with E-state index >= 15 is 0 Å². The first-order chi connectivity index (χ1) is 11.9. The fraction of sp³-hybridized carbons (Fsp3) is 0.125. The minimum Gasteiger partial charge on any atom is -0.497 e. The minimum absolute atomic E-state index is 0.152. The molecule has 1 heterocycles. The van der Waals surface area contributed by atoms with Crippen LogP contribution in [0.25, 0.3) is 10.2 Å². The van der Waals surface area contributed by atoms with Gasteiger partial charge in [-0.15, -0.1) is 0 Å². The highest BCUT2D eigenvalue weighted by atomic mass is 32.2. The second-order valence-corrected chi connectivity index (χ2v) is 7.96. The van der Waals surface area contributed by atoms with Crippen molar-refractivity contribution in [2.75, 3.05) is 19.5 Å². The second kappa shape index (κ2) is 6.79. The molecule has 0 radical (unpaired) electrons. The van der Waals surface area contributed by atoms with Gasteiger partial charge < -0.3 is 4.74 Å². The number of nitrogens with one attached hydrogen (secondary N) is 2. The molecule has 0 aliphatic rings. The summed E-state index contributed by atoms with van der Waals surface area (Å²) >= 11 is 1.21. The van der Waals surface area contributed by atoms with Crippen LogP contribution in [0.15, 0.2) is 47.4 Å².